The minimum absolute atomic E-state index is 0.283. The molecule has 0 unspecified atom stereocenters. The minimum Gasteiger partial charge on any atom is -0.355 e. The molecule has 8 heteroatoms. The monoisotopic (exact) mass is 471 g/mol. The van der Waals surface area contributed by atoms with Gasteiger partial charge in [0.05, 0.1) is 17.1 Å². The summed E-state index contributed by atoms with van der Waals surface area (Å²) in [7, 11) is 0. The number of nitrogens with one attached hydrogen (secondary N) is 3. The number of pyridine rings is 3. The van der Waals surface area contributed by atoms with Crippen LogP contribution >= 0.6 is 0 Å². The second-order valence-electron chi connectivity index (χ2n) is 8.10. The van der Waals surface area contributed by atoms with Crippen LogP contribution in [0.2, 0.25) is 0 Å². The normalized spacial score (nSPS) is 10.4. The number of hydrogen-bond acceptors (Lipinski definition) is 7. The van der Waals surface area contributed by atoms with Crippen molar-refractivity contribution in [1.82, 2.24) is 15.0 Å². The summed E-state index contributed by atoms with van der Waals surface area (Å²) >= 11 is 0. The maximum Gasteiger partial charge on any atom is 0.256 e. The van der Waals surface area contributed by atoms with Crippen LogP contribution in [0.1, 0.15) is 21.6 Å². The van der Waals surface area contributed by atoms with Gasteiger partial charge >= 0.3 is 0 Å². The second kappa shape index (κ2) is 9.91. The highest BCUT2D eigenvalue weighted by atomic mass is 16.1. The van der Waals surface area contributed by atoms with Crippen LogP contribution in [-0.4, -0.2) is 20.9 Å². The molecule has 36 heavy (non-hydrogen) atoms. The van der Waals surface area contributed by atoms with Gasteiger partial charge < -0.3 is 16.0 Å². The molecule has 0 spiro atoms. The molecule has 3 heterocycles. The van der Waals surface area contributed by atoms with Crippen molar-refractivity contribution in [3.8, 4) is 6.07 Å². The van der Waals surface area contributed by atoms with Gasteiger partial charge in [0.2, 0.25) is 0 Å². The first-order chi connectivity index (χ1) is 17.6. The van der Waals surface area contributed by atoms with E-state index in [1.807, 2.05) is 43.3 Å². The van der Waals surface area contributed by atoms with Gasteiger partial charge in [0.25, 0.3) is 5.91 Å². The summed E-state index contributed by atoms with van der Waals surface area (Å²) in [6.07, 6.45) is 5.07. The topological polar surface area (TPSA) is 116 Å². The third-order valence-electron chi connectivity index (χ3n) is 5.46. The molecule has 0 saturated heterocycles. The quantitative estimate of drug-likeness (QED) is 0.280. The average molecular weight is 472 g/mol. The van der Waals surface area contributed by atoms with Crippen LogP contribution in [0, 0.1) is 18.3 Å². The van der Waals surface area contributed by atoms with Gasteiger partial charge in [0, 0.05) is 64.1 Å². The summed E-state index contributed by atoms with van der Waals surface area (Å²) < 4.78 is 0. The predicted molar refractivity (Wildman–Crippen MR) is 141 cm³/mol. The molecule has 3 aromatic heterocycles. The molecule has 0 atom stereocenters. The fourth-order valence-corrected chi connectivity index (χ4v) is 3.77. The number of aromatic nitrogens is 3. The van der Waals surface area contributed by atoms with Crippen LogP contribution in [0.3, 0.4) is 0 Å². The van der Waals surface area contributed by atoms with Gasteiger partial charge in [-0.05, 0) is 67.6 Å². The number of benzene rings is 2. The fourth-order valence-electron chi connectivity index (χ4n) is 3.77. The first-order valence-corrected chi connectivity index (χ1v) is 11.2. The molecule has 0 aliphatic rings. The molecule has 174 valence electrons. The largest absolute Gasteiger partial charge is 0.355 e. The van der Waals surface area contributed by atoms with Gasteiger partial charge in [0.15, 0.2) is 0 Å². The number of anilines is 5. The lowest BCUT2D eigenvalue weighted by Crippen LogP contribution is -2.13. The van der Waals surface area contributed by atoms with Gasteiger partial charge in [-0.25, -0.2) is 4.98 Å². The highest BCUT2D eigenvalue weighted by Crippen LogP contribution is 2.27. The van der Waals surface area contributed by atoms with Crippen molar-refractivity contribution in [2.24, 2.45) is 0 Å². The second-order valence-corrected chi connectivity index (χ2v) is 8.10. The Balaban J connectivity index is 1.33. The Labute approximate surface area is 207 Å². The maximum absolute atomic E-state index is 13.0. The summed E-state index contributed by atoms with van der Waals surface area (Å²) in [5, 5.41) is 19.6. The van der Waals surface area contributed by atoms with Gasteiger partial charge in [-0.3, -0.25) is 14.8 Å². The Morgan fingerprint density at radius 2 is 1.58 bits per heavy atom. The van der Waals surface area contributed by atoms with Crippen LogP contribution < -0.4 is 16.0 Å². The van der Waals surface area contributed by atoms with Crippen LogP contribution in [0.15, 0.2) is 91.4 Å². The van der Waals surface area contributed by atoms with Gasteiger partial charge in [-0.15, -0.1) is 0 Å². The number of fused-ring (bicyclic) bond motifs is 1. The molecule has 0 fully saturated rings. The Morgan fingerprint density at radius 1 is 0.806 bits per heavy atom. The molecule has 1 amide bonds. The number of carbonyl (C=O) groups is 1. The summed E-state index contributed by atoms with van der Waals surface area (Å²) in [6, 6.07) is 23.9. The Kier molecular flexibility index (Phi) is 6.19. The fraction of sp³-hybridized carbons (Fsp3) is 0.0357. The first kappa shape index (κ1) is 22.5. The van der Waals surface area contributed by atoms with E-state index in [1.165, 1.54) is 0 Å². The molecule has 0 aliphatic carbocycles. The molecule has 8 nitrogen and oxygen atoms in total. The summed E-state index contributed by atoms with van der Waals surface area (Å²) in [5.74, 6) is 0.146. The molecule has 5 aromatic rings. The van der Waals surface area contributed by atoms with E-state index in [1.54, 1.807) is 55.0 Å². The van der Waals surface area contributed by atoms with Crippen molar-refractivity contribution < 1.29 is 4.79 Å². The van der Waals surface area contributed by atoms with Gasteiger partial charge in [0.1, 0.15) is 5.82 Å². The molecule has 0 radical (unpaired) electrons. The smallest absolute Gasteiger partial charge is 0.256 e. The lowest BCUT2D eigenvalue weighted by Gasteiger charge is -2.12. The number of nitriles is 1. The Bertz CT molecular complexity index is 1620. The number of rotatable bonds is 6. The van der Waals surface area contributed by atoms with Crippen molar-refractivity contribution >= 4 is 45.4 Å². The SMILES string of the molecule is Cc1cc(Nc2ccnc(NC(=O)c3cccc(Nc4ccnc5ccc(C#N)cc45)c3)c2)ccn1. The van der Waals surface area contributed by atoms with E-state index in [2.05, 4.69) is 37.0 Å². The number of aryl methyl sites for hydroxylation is 1. The third kappa shape index (κ3) is 5.11. The lowest BCUT2D eigenvalue weighted by atomic mass is 10.1. The molecule has 2 aromatic carbocycles. The summed E-state index contributed by atoms with van der Waals surface area (Å²) in [5.41, 5.74) is 5.92. The Hall–Kier alpha value is -5.29. The molecule has 0 aliphatic heterocycles. The zero-order chi connectivity index (χ0) is 24.9. The average Bonchev–Trinajstić information content (AvgIpc) is 2.89. The first-order valence-electron chi connectivity index (χ1n) is 11.2. The van der Waals surface area contributed by atoms with Crippen LogP contribution in [-0.2, 0) is 0 Å². The van der Waals surface area contributed by atoms with Crippen molar-refractivity contribution in [3.05, 3.63) is 108 Å². The van der Waals surface area contributed by atoms with E-state index in [0.717, 1.165) is 39.3 Å². The van der Waals surface area contributed by atoms with Crippen LogP contribution in [0.25, 0.3) is 10.9 Å². The minimum atomic E-state index is -0.283. The zero-order valence-corrected chi connectivity index (χ0v) is 19.4. The molecular weight excluding hydrogens is 450 g/mol. The van der Waals surface area contributed by atoms with Gasteiger partial charge in [-0.2, -0.15) is 5.26 Å². The van der Waals surface area contributed by atoms with Crippen LogP contribution in [0.5, 0.6) is 0 Å². The standard InChI is InChI=1S/C28H21N7O/c1-18-13-22(7-10-30-18)33-23-8-11-32-27(16-23)35-28(36)20-3-2-4-21(15-20)34-26-9-12-31-25-6-5-19(17-29)14-24(25)26/h2-16H,1H3,(H,31,34)(H2,30,32,33,35,36). The number of hydrogen-bond donors (Lipinski definition) is 3. The molecule has 5 rings (SSSR count). The van der Waals surface area contributed by atoms with Crippen LogP contribution in [0.4, 0.5) is 28.6 Å². The molecule has 0 bridgehead atoms. The van der Waals surface area contributed by atoms with E-state index in [0.29, 0.717) is 16.9 Å². The highest BCUT2D eigenvalue weighted by Gasteiger charge is 2.10. The molecular formula is C28H21N7O. The van der Waals surface area contributed by atoms with E-state index < -0.39 is 0 Å². The van der Waals surface area contributed by atoms with E-state index in [9.17, 15) is 10.1 Å². The van der Waals surface area contributed by atoms with Crippen molar-refractivity contribution in [2.45, 2.75) is 6.92 Å². The molecule has 0 saturated carbocycles. The van der Waals surface area contributed by atoms with Crippen molar-refractivity contribution in [2.75, 3.05) is 16.0 Å². The summed E-state index contributed by atoms with van der Waals surface area (Å²) in [6.45, 7) is 1.92. The van der Waals surface area contributed by atoms with Crippen molar-refractivity contribution in [3.63, 3.8) is 0 Å². The number of nitrogens with zero attached hydrogens (tertiary/aromatic N) is 4. The van der Waals surface area contributed by atoms with Crippen molar-refractivity contribution in [1.29, 1.82) is 5.26 Å². The predicted octanol–water partition coefficient (Wildman–Crippen LogP) is 5.94. The highest BCUT2D eigenvalue weighted by molar-refractivity contribution is 6.04. The number of amides is 1. The maximum atomic E-state index is 13.0. The van der Waals surface area contributed by atoms with E-state index in [-0.39, 0.29) is 5.91 Å². The van der Waals surface area contributed by atoms with E-state index in [4.69, 9.17) is 0 Å². The summed E-state index contributed by atoms with van der Waals surface area (Å²) in [4.78, 5) is 25.8. The number of carbonyl (C=O) groups excluding carboxylic acids is 1. The lowest BCUT2D eigenvalue weighted by molar-refractivity contribution is 0.102. The van der Waals surface area contributed by atoms with E-state index >= 15 is 0 Å². The Morgan fingerprint density at radius 3 is 2.42 bits per heavy atom. The zero-order valence-electron chi connectivity index (χ0n) is 19.4. The van der Waals surface area contributed by atoms with Gasteiger partial charge in [-0.1, -0.05) is 6.07 Å². The molecule has 3 N–H and O–H groups in total. The third-order valence-corrected chi connectivity index (χ3v) is 5.46.